The molecule has 0 aromatic heterocycles. The molecular formula is C10H13ClN2O2. The number of nitrogens with one attached hydrogen (secondary N) is 1. The van der Waals surface area contributed by atoms with Crippen LogP contribution in [0.2, 0.25) is 5.02 Å². The zero-order chi connectivity index (χ0) is 11.3. The van der Waals surface area contributed by atoms with E-state index in [4.69, 9.17) is 22.1 Å². The molecule has 1 aromatic carbocycles. The summed E-state index contributed by atoms with van der Waals surface area (Å²) in [5.74, 6) is 0.242. The number of hydrogen-bond acceptors (Lipinski definition) is 3. The van der Waals surface area contributed by atoms with E-state index in [1.807, 2.05) is 0 Å². The Kier molecular flexibility index (Phi) is 4.39. The molecule has 0 fully saturated rings. The summed E-state index contributed by atoms with van der Waals surface area (Å²) in [6.07, 6.45) is 0. The van der Waals surface area contributed by atoms with Crippen LogP contribution in [0, 0.1) is 0 Å². The molecule has 0 saturated heterocycles. The van der Waals surface area contributed by atoms with E-state index in [0.717, 1.165) is 0 Å². The Labute approximate surface area is 93.4 Å². The van der Waals surface area contributed by atoms with Gasteiger partial charge in [-0.3, -0.25) is 4.79 Å². The van der Waals surface area contributed by atoms with Crippen molar-refractivity contribution in [2.45, 2.75) is 0 Å². The minimum atomic E-state index is -0.214. The second kappa shape index (κ2) is 5.58. The van der Waals surface area contributed by atoms with Crippen LogP contribution in [-0.4, -0.2) is 26.1 Å². The fourth-order valence-electron chi connectivity index (χ4n) is 1.13. The van der Waals surface area contributed by atoms with Gasteiger partial charge in [0.25, 0.3) is 5.91 Å². The molecule has 0 radical (unpaired) electrons. The fourth-order valence-corrected chi connectivity index (χ4v) is 1.30. The number of halogens is 1. The second-order valence-corrected chi connectivity index (χ2v) is 3.33. The summed E-state index contributed by atoms with van der Waals surface area (Å²) in [4.78, 5) is 11.6. The van der Waals surface area contributed by atoms with Crippen molar-refractivity contribution in [2.24, 2.45) is 5.73 Å². The molecule has 0 heterocycles. The molecular weight excluding hydrogens is 216 g/mol. The minimum Gasteiger partial charge on any atom is -0.496 e. The topological polar surface area (TPSA) is 64.3 Å². The molecule has 0 aliphatic heterocycles. The summed E-state index contributed by atoms with van der Waals surface area (Å²) in [5.41, 5.74) is 5.74. The third kappa shape index (κ3) is 3.11. The van der Waals surface area contributed by atoms with E-state index >= 15 is 0 Å². The minimum absolute atomic E-state index is 0.214. The highest BCUT2D eigenvalue weighted by Crippen LogP contribution is 2.22. The molecule has 1 rings (SSSR count). The van der Waals surface area contributed by atoms with Gasteiger partial charge in [0, 0.05) is 18.1 Å². The average Bonchev–Trinajstić information content (AvgIpc) is 2.25. The van der Waals surface area contributed by atoms with Crippen LogP contribution in [0.4, 0.5) is 0 Å². The first-order chi connectivity index (χ1) is 7.19. The van der Waals surface area contributed by atoms with E-state index in [1.165, 1.54) is 7.11 Å². The summed E-state index contributed by atoms with van der Waals surface area (Å²) in [6, 6.07) is 4.85. The Balaban J connectivity index is 2.87. The Bertz CT molecular complexity index is 355. The molecule has 0 atom stereocenters. The van der Waals surface area contributed by atoms with E-state index in [-0.39, 0.29) is 5.91 Å². The normalized spacial score (nSPS) is 9.80. The van der Waals surface area contributed by atoms with Gasteiger partial charge in [-0.05, 0) is 18.2 Å². The van der Waals surface area contributed by atoms with Gasteiger partial charge >= 0.3 is 0 Å². The predicted molar refractivity (Wildman–Crippen MR) is 59.4 cm³/mol. The first kappa shape index (κ1) is 11.8. The van der Waals surface area contributed by atoms with Gasteiger partial charge in [-0.15, -0.1) is 0 Å². The van der Waals surface area contributed by atoms with Crippen molar-refractivity contribution in [1.82, 2.24) is 5.32 Å². The van der Waals surface area contributed by atoms with Crippen LogP contribution in [0.15, 0.2) is 18.2 Å². The molecule has 0 aliphatic rings. The maximum atomic E-state index is 11.6. The molecule has 0 aliphatic carbocycles. The van der Waals surface area contributed by atoms with Crippen LogP contribution in [0.5, 0.6) is 5.75 Å². The van der Waals surface area contributed by atoms with Gasteiger partial charge < -0.3 is 15.8 Å². The molecule has 4 nitrogen and oxygen atoms in total. The van der Waals surface area contributed by atoms with Crippen molar-refractivity contribution < 1.29 is 9.53 Å². The van der Waals surface area contributed by atoms with Crippen molar-refractivity contribution >= 4 is 17.5 Å². The zero-order valence-corrected chi connectivity index (χ0v) is 9.17. The van der Waals surface area contributed by atoms with Crippen molar-refractivity contribution in [3.63, 3.8) is 0 Å². The number of rotatable bonds is 4. The van der Waals surface area contributed by atoms with E-state index in [9.17, 15) is 4.79 Å². The Morgan fingerprint density at radius 1 is 1.60 bits per heavy atom. The van der Waals surface area contributed by atoms with Crippen LogP contribution in [0.25, 0.3) is 0 Å². The summed E-state index contributed by atoms with van der Waals surface area (Å²) in [6.45, 7) is 0.840. The highest BCUT2D eigenvalue weighted by Gasteiger charge is 2.11. The fraction of sp³-hybridized carbons (Fsp3) is 0.300. The number of benzene rings is 1. The lowest BCUT2D eigenvalue weighted by molar-refractivity contribution is 0.0952. The lowest BCUT2D eigenvalue weighted by atomic mass is 10.2. The van der Waals surface area contributed by atoms with E-state index in [0.29, 0.717) is 29.4 Å². The van der Waals surface area contributed by atoms with Crippen molar-refractivity contribution in [2.75, 3.05) is 20.2 Å². The summed E-state index contributed by atoms with van der Waals surface area (Å²) >= 11 is 5.77. The zero-order valence-electron chi connectivity index (χ0n) is 8.42. The Morgan fingerprint density at radius 2 is 2.33 bits per heavy atom. The highest BCUT2D eigenvalue weighted by molar-refractivity contribution is 6.30. The first-order valence-electron chi connectivity index (χ1n) is 4.51. The quantitative estimate of drug-likeness (QED) is 0.809. The SMILES string of the molecule is COc1cc(Cl)ccc1C(=O)NCCN. The third-order valence-electron chi connectivity index (χ3n) is 1.84. The van der Waals surface area contributed by atoms with E-state index in [2.05, 4.69) is 5.32 Å². The van der Waals surface area contributed by atoms with Crippen LogP contribution < -0.4 is 15.8 Å². The number of amides is 1. The first-order valence-corrected chi connectivity index (χ1v) is 4.88. The molecule has 0 unspecified atom stereocenters. The molecule has 0 spiro atoms. The van der Waals surface area contributed by atoms with Gasteiger partial charge in [0.15, 0.2) is 0 Å². The lowest BCUT2D eigenvalue weighted by Crippen LogP contribution is -2.29. The van der Waals surface area contributed by atoms with Crippen LogP contribution >= 0.6 is 11.6 Å². The summed E-state index contributed by atoms with van der Waals surface area (Å²) < 4.78 is 5.05. The number of nitrogens with two attached hydrogens (primary N) is 1. The van der Waals surface area contributed by atoms with Crippen LogP contribution in [0.3, 0.4) is 0 Å². The van der Waals surface area contributed by atoms with Crippen molar-refractivity contribution in [3.8, 4) is 5.75 Å². The smallest absolute Gasteiger partial charge is 0.255 e. The third-order valence-corrected chi connectivity index (χ3v) is 2.07. The molecule has 82 valence electrons. The standard InChI is InChI=1S/C10H13ClN2O2/c1-15-9-6-7(11)2-3-8(9)10(14)13-5-4-12/h2-3,6H,4-5,12H2,1H3,(H,13,14). The predicted octanol–water partition coefficient (Wildman–Crippen LogP) is 1.04. The van der Waals surface area contributed by atoms with Gasteiger partial charge in [-0.2, -0.15) is 0 Å². The maximum Gasteiger partial charge on any atom is 0.255 e. The number of ether oxygens (including phenoxy) is 1. The molecule has 0 bridgehead atoms. The van der Waals surface area contributed by atoms with Gasteiger partial charge in [0.05, 0.1) is 12.7 Å². The molecule has 15 heavy (non-hydrogen) atoms. The molecule has 1 amide bonds. The van der Waals surface area contributed by atoms with Crippen molar-refractivity contribution in [3.05, 3.63) is 28.8 Å². The summed E-state index contributed by atoms with van der Waals surface area (Å²) in [7, 11) is 1.49. The largest absolute Gasteiger partial charge is 0.496 e. The van der Waals surface area contributed by atoms with Crippen molar-refractivity contribution in [1.29, 1.82) is 0 Å². The van der Waals surface area contributed by atoms with Crippen LogP contribution in [0.1, 0.15) is 10.4 Å². The van der Waals surface area contributed by atoms with Gasteiger partial charge in [0.1, 0.15) is 5.75 Å². The number of hydrogen-bond donors (Lipinski definition) is 2. The second-order valence-electron chi connectivity index (χ2n) is 2.89. The maximum absolute atomic E-state index is 11.6. The monoisotopic (exact) mass is 228 g/mol. The highest BCUT2D eigenvalue weighted by atomic mass is 35.5. The van der Waals surface area contributed by atoms with Gasteiger partial charge in [0.2, 0.25) is 0 Å². The van der Waals surface area contributed by atoms with E-state index in [1.54, 1.807) is 18.2 Å². The average molecular weight is 229 g/mol. The van der Waals surface area contributed by atoms with Gasteiger partial charge in [-0.25, -0.2) is 0 Å². The Morgan fingerprint density at radius 3 is 2.93 bits per heavy atom. The number of methoxy groups -OCH3 is 1. The van der Waals surface area contributed by atoms with Gasteiger partial charge in [-0.1, -0.05) is 11.6 Å². The Hall–Kier alpha value is -1.26. The number of carbonyl (C=O) groups is 1. The lowest BCUT2D eigenvalue weighted by Gasteiger charge is -2.08. The molecule has 5 heteroatoms. The van der Waals surface area contributed by atoms with Crippen LogP contribution in [-0.2, 0) is 0 Å². The summed E-state index contributed by atoms with van der Waals surface area (Å²) in [5, 5.41) is 3.19. The van der Waals surface area contributed by atoms with E-state index < -0.39 is 0 Å². The molecule has 1 aromatic rings. The molecule has 3 N–H and O–H groups in total. The molecule has 0 saturated carbocycles. The number of carbonyl (C=O) groups excluding carboxylic acids is 1.